The molecule has 0 bridgehead atoms. The van der Waals surface area contributed by atoms with Crippen molar-refractivity contribution in [3.05, 3.63) is 52.8 Å². The van der Waals surface area contributed by atoms with E-state index in [1.807, 2.05) is 0 Å². The molecule has 3 rings (SSSR count). The summed E-state index contributed by atoms with van der Waals surface area (Å²) in [6.45, 7) is 5.08. The van der Waals surface area contributed by atoms with Crippen LogP contribution < -0.4 is 18.9 Å². The first-order valence-corrected chi connectivity index (χ1v) is 9.46. The first-order valence-electron chi connectivity index (χ1n) is 9.46. The number of esters is 1. The molecule has 0 radical (unpaired) electrons. The fraction of sp³-hybridized carbons (Fsp3) is 0.304. The molecule has 0 atom stereocenters. The zero-order chi connectivity index (χ0) is 21.8. The quantitative estimate of drug-likeness (QED) is 0.503. The van der Waals surface area contributed by atoms with Crippen LogP contribution in [0.3, 0.4) is 0 Å². The van der Waals surface area contributed by atoms with Gasteiger partial charge in [-0.25, -0.2) is 4.79 Å². The molecule has 158 valence electrons. The van der Waals surface area contributed by atoms with Crippen molar-refractivity contribution in [2.24, 2.45) is 0 Å². The van der Waals surface area contributed by atoms with Crippen LogP contribution in [-0.4, -0.2) is 38.7 Å². The van der Waals surface area contributed by atoms with E-state index in [1.54, 1.807) is 71.4 Å². The lowest BCUT2D eigenvalue weighted by atomic mass is 10.1. The van der Waals surface area contributed by atoms with Crippen LogP contribution in [0, 0.1) is 6.92 Å². The number of carbonyl (C=O) groups is 2. The van der Waals surface area contributed by atoms with Gasteiger partial charge in [-0.1, -0.05) is 0 Å². The Balaban J connectivity index is 1.84. The van der Waals surface area contributed by atoms with E-state index in [1.165, 1.54) is 0 Å². The minimum absolute atomic E-state index is 0.174. The van der Waals surface area contributed by atoms with Crippen LogP contribution in [0.25, 0.3) is 6.08 Å². The molecule has 0 saturated heterocycles. The van der Waals surface area contributed by atoms with E-state index in [4.69, 9.17) is 23.7 Å². The summed E-state index contributed by atoms with van der Waals surface area (Å²) in [5, 5.41) is 0. The monoisotopic (exact) mass is 412 g/mol. The smallest absolute Gasteiger partial charge is 0.344 e. The second-order valence-electron chi connectivity index (χ2n) is 6.94. The van der Waals surface area contributed by atoms with Crippen molar-refractivity contribution >= 4 is 17.8 Å². The van der Waals surface area contributed by atoms with Gasteiger partial charge in [-0.05, 0) is 51.1 Å². The van der Waals surface area contributed by atoms with Gasteiger partial charge in [0.2, 0.25) is 5.78 Å². The lowest BCUT2D eigenvalue weighted by molar-refractivity contribution is -0.149. The van der Waals surface area contributed by atoms with Gasteiger partial charge in [0.05, 0.1) is 25.9 Å². The van der Waals surface area contributed by atoms with Crippen LogP contribution in [0.1, 0.15) is 35.3 Å². The zero-order valence-electron chi connectivity index (χ0n) is 17.6. The average molecular weight is 412 g/mol. The van der Waals surface area contributed by atoms with Crippen molar-refractivity contribution in [3.8, 4) is 23.0 Å². The highest BCUT2D eigenvalue weighted by Gasteiger charge is 2.30. The summed E-state index contributed by atoms with van der Waals surface area (Å²) in [7, 11) is 3.11. The second kappa shape index (κ2) is 8.90. The fourth-order valence-electron chi connectivity index (χ4n) is 3.04. The third-order valence-electron chi connectivity index (χ3n) is 4.48. The lowest BCUT2D eigenvalue weighted by Gasteiger charge is -2.12. The van der Waals surface area contributed by atoms with Crippen molar-refractivity contribution in [2.45, 2.75) is 26.9 Å². The third-order valence-corrected chi connectivity index (χ3v) is 4.48. The number of methoxy groups -OCH3 is 2. The Kier molecular flexibility index (Phi) is 6.30. The molecule has 7 heteroatoms. The van der Waals surface area contributed by atoms with Crippen LogP contribution in [0.5, 0.6) is 23.0 Å². The molecule has 0 aromatic heterocycles. The van der Waals surface area contributed by atoms with Gasteiger partial charge in [-0.3, -0.25) is 4.79 Å². The average Bonchev–Trinajstić information content (AvgIpc) is 3.03. The SMILES string of the molecule is COc1ccc(/C=C2\Oc3c(ccc(OCC(=O)OC(C)C)c3C)C2=O)c(OC)c1. The number of ether oxygens (including phenoxy) is 5. The van der Waals surface area contributed by atoms with Gasteiger partial charge in [0, 0.05) is 17.2 Å². The van der Waals surface area contributed by atoms with Crippen LogP contribution in [0.2, 0.25) is 0 Å². The van der Waals surface area contributed by atoms with E-state index in [0.29, 0.717) is 39.7 Å². The molecule has 1 aliphatic rings. The summed E-state index contributed by atoms with van der Waals surface area (Å²) in [5.74, 6) is 1.53. The summed E-state index contributed by atoms with van der Waals surface area (Å²) in [6, 6.07) is 8.56. The van der Waals surface area contributed by atoms with Gasteiger partial charge in [-0.2, -0.15) is 0 Å². The largest absolute Gasteiger partial charge is 0.497 e. The molecular formula is C23H24O7. The van der Waals surface area contributed by atoms with Crippen molar-refractivity contribution in [1.29, 1.82) is 0 Å². The Morgan fingerprint density at radius 2 is 1.87 bits per heavy atom. The molecule has 30 heavy (non-hydrogen) atoms. The van der Waals surface area contributed by atoms with Crippen LogP contribution >= 0.6 is 0 Å². The maximum atomic E-state index is 12.8. The summed E-state index contributed by atoms with van der Waals surface area (Å²) < 4.78 is 27.0. The third kappa shape index (κ3) is 4.40. The molecule has 1 aliphatic heterocycles. The number of hydrogen-bond acceptors (Lipinski definition) is 7. The zero-order valence-corrected chi connectivity index (χ0v) is 17.6. The van der Waals surface area contributed by atoms with Crippen molar-refractivity contribution < 1.29 is 33.3 Å². The summed E-state index contributed by atoms with van der Waals surface area (Å²) in [5.41, 5.74) is 1.74. The molecule has 0 aliphatic carbocycles. The summed E-state index contributed by atoms with van der Waals surface area (Å²) >= 11 is 0. The molecule has 2 aromatic rings. The number of rotatable bonds is 7. The maximum Gasteiger partial charge on any atom is 0.344 e. The van der Waals surface area contributed by atoms with E-state index in [-0.39, 0.29) is 24.3 Å². The highest BCUT2D eigenvalue weighted by atomic mass is 16.6. The van der Waals surface area contributed by atoms with Crippen molar-refractivity contribution in [1.82, 2.24) is 0 Å². The molecule has 7 nitrogen and oxygen atoms in total. The van der Waals surface area contributed by atoms with E-state index in [2.05, 4.69) is 0 Å². The normalized spacial score (nSPS) is 13.8. The summed E-state index contributed by atoms with van der Waals surface area (Å²) in [6.07, 6.45) is 1.41. The predicted molar refractivity (Wildman–Crippen MR) is 110 cm³/mol. The molecule has 0 N–H and O–H groups in total. The van der Waals surface area contributed by atoms with Gasteiger partial charge in [-0.15, -0.1) is 0 Å². The standard InChI is InChI=1S/C23H24O7/c1-13(2)29-21(24)12-28-18-9-8-17-22(25)20(30-23(17)14(18)3)10-15-6-7-16(26-4)11-19(15)27-5/h6-11,13H,12H2,1-5H3/b20-10-. The second-order valence-corrected chi connectivity index (χ2v) is 6.94. The van der Waals surface area contributed by atoms with Gasteiger partial charge in [0.1, 0.15) is 23.0 Å². The molecule has 1 heterocycles. The topological polar surface area (TPSA) is 80.3 Å². The molecule has 0 unspecified atom stereocenters. The highest BCUT2D eigenvalue weighted by Crippen LogP contribution is 2.40. The molecule has 0 fully saturated rings. The van der Waals surface area contributed by atoms with Gasteiger partial charge in [0.25, 0.3) is 0 Å². The minimum atomic E-state index is -0.464. The number of allylic oxidation sites excluding steroid dienone is 1. The first kappa shape index (κ1) is 21.2. The van der Waals surface area contributed by atoms with E-state index >= 15 is 0 Å². The van der Waals surface area contributed by atoms with Crippen LogP contribution in [-0.2, 0) is 9.53 Å². The molecule has 0 spiro atoms. The van der Waals surface area contributed by atoms with E-state index < -0.39 is 5.97 Å². The number of ketones is 1. The maximum absolute atomic E-state index is 12.8. The van der Waals surface area contributed by atoms with Crippen LogP contribution in [0.4, 0.5) is 0 Å². The number of hydrogen-bond donors (Lipinski definition) is 0. The Hall–Kier alpha value is -3.48. The lowest BCUT2D eigenvalue weighted by Crippen LogP contribution is -2.19. The minimum Gasteiger partial charge on any atom is -0.497 e. The highest BCUT2D eigenvalue weighted by molar-refractivity contribution is 6.15. The van der Waals surface area contributed by atoms with E-state index in [9.17, 15) is 9.59 Å². The van der Waals surface area contributed by atoms with Crippen molar-refractivity contribution in [3.63, 3.8) is 0 Å². The van der Waals surface area contributed by atoms with Gasteiger partial charge < -0.3 is 23.7 Å². The number of Topliss-reactive ketones (excluding diaryl/α,β-unsaturated/α-hetero) is 1. The first-order chi connectivity index (χ1) is 14.3. The van der Waals surface area contributed by atoms with Crippen LogP contribution in [0.15, 0.2) is 36.1 Å². The Morgan fingerprint density at radius 1 is 1.10 bits per heavy atom. The van der Waals surface area contributed by atoms with E-state index in [0.717, 1.165) is 0 Å². The number of benzene rings is 2. The van der Waals surface area contributed by atoms with Gasteiger partial charge >= 0.3 is 5.97 Å². The fourth-order valence-corrected chi connectivity index (χ4v) is 3.04. The molecule has 0 amide bonds. The molecule has 0 saturated carbocycles. The van der Waals surface area contributed by atoms with Gasteiger partial charge in [0.15, 0.2) is 12.4 Å². The Labute approximate surface area is 175 Å². The Bertz CT molecular complexity index is 1000. The molecular weight excluding hydrogens is 388 g/mol. The number of fused-ring (bicyclic) bond motifs is 1. The van der Waals surface area contributed by atoms with Crippen molar-refractivity contribution in [2.75, 3.05) is 20.8 Å². The molecule has 2 aromatic carbocycles. The number of carbonyl (C=O) groups excluding carboxylic acids is 2. The predicted octanol–water partition coefficient (Wildman–Crippen LogP) is 3.96. The summed E-state index contributed by atoms with van der Waals surface area (Å²) in [4.78, 5) is 24.5. The Morgan fingerprint density at radius 3 is 2.53 bits per heavy atom.